The van der Waals surface area contributed by atoms with Gasteiger partial charge in [-0.25, -0.2) is 15.0 Å². The number of fused-ring (bicyclic) bond motifs is 12. The van der Waals surface area contributed by atoms with E-state index in [1.54, 1.807) is 0 Å². The SMILES string of the molecule is c1ccc(-c2nc(-c3cc(-c4ccc5c6ccccc6c6ccccc6c5c4)cc(-n4c5ccccc5c5ccccc54)c3)nc(-c3cccc4c3oc3ccccc34)n2)cc1. The van der Waals surface area contributed by atoms with Gasteiger partial charge in [0.1, 0.15) is 11.2 Å². The fraction of sp³-hybridized carbons (Fsp3) is 0. The average Bonchev–Trinajstić information content (AvgIpc) is 3.90. The molecular weight excluding hydrogens is 757 g/mol. The lowest BCUT2D eigenvalue weighted by Crippen LogP contribution is -2.02. The predicted octanol–water partition coefficient (Wildman–Crippen LogP) is 15.0. The standard InChI is InChI=1S/C57H34N4O/c1-2-15-35(16-3-1)55-58-56(60-57(59-55)49-25-14-24-48-47-23-10-13-28-53(47)62-54(48)49)38-31-37(32-39(33-38)61-51-26-11-8-21-45(51)46-22-9-12-27-52(46)61)36-29-30-44-42-19-5-4-17-40(42)41-18-6-7-20-43(41)50(44)34-36/h1-34H. The maximum absolute atomic E-state index is 6.54. The Morgan fingerprint density at radius 1 is 0.306 bits per heavy atom. The van der Waals surface area contributed by atoms with Crippen molar-refractivity contribution >= 4 is 76.1 Å². The summed E-state index contributed by atoms with van der Waals surface area (Å²) >= 11 is 0. The molecule has 0 amide bonds. The summed E-state index contributed by atoms with van der Waals surface area (Å²) in [5.41, 5.74) is 9.60. The number of nitrogens with zero attached hydrogens (tertiary/aromatic N) is 4. The molecule has 10 aromatic carbocycles. The lowest BCUT2D eigenvalue weighted by atomic mass is 9.91. The fourth-order valence-electron chi connectivity index (χ4n) is 9.59. The number of benzene rings is 10. The van der Waals surface area contributed by atoms with Crippen molar-refractivity contribution < 1.29 is 4.42 Å². The molecule has 5 nitrogen and oxygen atoms in total. The van der Waals surface area contributed by atoms with Gasteiger partial charge >= 0.3 is 0 Å². The van der Waals surface area contributed by atoms with E-state index in [2.05, 4.69) is 156 Å². The van der Waals surface area contributed by atoms with Gasteiger partial charge in [0.25, 0.3) is 0 Å². The average molecular weight is 791 g/mol. The van der Waals surface area contributed by atoms with Crippen LogP contribution in [0.5, 0.6) is 0 Å². The van der Waals surface area contributed by atoms with E-state index in [1.165, 1.54) is 43.1 Å². The van der Waals surface area contributed by atoms with Crippen LogP contribution in [-0.2, 0) is 0 Å². The summed E-state index contributed by atoms with van der Waals surface area (Å²) in [5, 5.41) is 11.9. The normalized spacial score (nSPS) is 11.9. The Morgan fingerprint density at radius 3 is 1.52 bits per heavy atom. The van der Waals surface area contributed by atoms with Crippen LogP contribution < -0.4 is 0 Å². The summed E-state index contributed by atoms with van der Waals surface area (Å²) in [4.78, 5) is 15.8. The van der Waals surface area contributed by atoms with Crippen molar-refractivity contribution in [1.29, 1.82) is 0 Å². The summed E-state index contributed by atoms with van der Waals surface area (Å²) in [6, 6.07) is 72.9. The number of para-hydroxylation sites is 4. The van der Waals surface area contributed by atoms with Crippen LogP contribution in [0.1, 0.15) is 0 Å². The van der Waals surface area contributed by atoms with Crippen molar-refractivity contribution in [3.8, 4) is 51.0 Å². The summed E-state index contributed by atoms with van der Waals surface area (Å²) in [6.07, 6.45) is 0. The molecule has 0 fully saturated rings. The number of hydrogen-bond acceptors (Lipinski definition) is 4. The van der Waals surface area contributed by atoms with Crippen LogP contribution in [-0.4, -0.2) is 19.5 Å². The lowest BCUT2D eigenvalue weighted by molar-refractivity contribution is 0.669. The van der Waals surface area contributed by atoms with Gasteiger partial charge in [-0.2, -0.15) is 0 Å². The lowest BCUT2D eigenvalue weighted by Gasteiger charge is -2.16. The van der Waals surface area contributed by atoms with E-state index in [0.717, 1.165) is 66.5 Å². The van der Waals surface area contributed by atoms with Gasteiger partial charge in [-0.1, -0.05) is 158 Å². The van der Waals surface area contributed by atoms with Crippen molar-refractivity contribution in [2.75, 3.05) is 0 Å². The van der Waals surface area contributed by atoms with Gasteiger partial charge in [0.2, 0.25) is 0 Å². The highest BCUT2D eigenvalue weighted by molar-refractivity contribution is 6.25. The van der Waals surface area contributed by atoms with Crippen LogP contribution in [0.4, 0.5) is 0 Å². The quantitative estimate of drug-likeness (QED) is 0.163. The molecule has 288 valence electrons. The highest BCUT2D eigenvalue weighted by atomic mass is 16.3. The van der Waals surface area contributed by atoms with Crippen LogP contribution >= 0.6 is 0 Å². The molecule has 0 aliphatic heterocycles. The van der Waals surface area contributed by atoms with E-state index < -0.39 is 0 Å². The molecule has 0 saturated carbocycles. The molecule has 0 N–H and O–H groups in total. The van der Waals surface area contributed by atoms with Gasteiger partial charge in [0.15, 0.2) is 17.5 Å². The predicted molar refractivity (Wildman–Crippen MR) is 256 cm³/mol. The molecule has 13 rings (SSSR count). The van der Waals surface area contributed by atoms with E-state index in [9.17, 15) is 0 Å². The molecule has 0 radical (unpaired) electrons. The molecule has 0 atom stereocenters. The van der Waals surface area contributed by atoms with E-state index in [1.807, 2.05) is 54.6 Å². The van der Waals surface area contributed by atoms with Crippen LogP contribution in [0.25, 0.3) is 127 Å². The second-order valence-electron chi connectivity index (χ2n) is 15.9. The second kappa shape index (κ2) is 13.6. The Morgan fingerprint density at radius 2 is 0.823 bits per heavy atom. The Labute approximate surface area is 355 Å². The van der Waals surface area contributed by atoms with E-state index in [0.29, 0.717) is 17.5 Å². The fourth-order valence-corrected chi connectivity index (χ4v) is 9.59. The van der Waals surface area contributed by atoms with Gasteiger partial charge in [-0.3, -0.25) is 0 Å². The Kier molecular flexibility index (Phi) is 7.54. The smallest absolute Gasteiger partial charge is 0.167 e. The molecule has 0 unspecified atom stereocenters. The topological polar surface area (TPSA) is 56.7 Å². The number of hydrogen-bond donors (Lipinski definition) is 0. The van der Waals surface area contributed by atoms with Crippen molar-refractivity contribution in [3.63, 3.8) is 0 Å². The van der Waals surface area contributed by atoms with Gasteiger partial charge in [-0.05, 0) is 92.0 Å². The van der Waals surface area contributed by atoms with Crippen LogP contribution in [0, 0.1) is 0 Å². The molecule has 0 spiro atoms. The summed E-state index contributed by atoms with van der Waals surface area (Å²) in [5.74, 6) is 1.71. The molecule has 3 aromatic heterocycles. The van der Waals surface area contributed by atoms with E-state index in [4.69, 9.17) is 19.4 Å². The Hall–Kier alpha value is -8.41. The number of rotatable bonds is 5. The van der Waals surface area contributed by atoms with Crippen LogP contribution in [0.3, 0.4) is 0 Å². The third kappa shape index (κ3) is 5.32. The first-order valence-electron chi connectivity index (χ1n) is 20.9. The molecule has 0 saturated heterocycles. The van der Waals surface area contributed by atoms with Crippen LogP contribution in [0.15, 0.2) is 211 Å². The number of aromatic nitrogens is 4. The minimum absolute atomic E-state index is 0.548. The van der Waals surface area contributed by atoms with Crippen molar-refractivity contribution in [3.05, 3.63) is 206 Å². The summed E-state index contributed by atoms with van der Waals surface area (Å²) < 4.78 is 8.92. The molecule has 5 heteroatoms. The Bertz CT molecular complexity index is 3850. The molecule has 0 aliphatic carbocycles. The molecule has 3 heterocycles. The van der Waals surface area contributed by atoms with Crippen molar-refractivity contribution in [2.45, 2.75) is 0 Å². The maximum Gasteiger partial charge on any atom is 0.167 e. The second-order valence-corrected chi connectivity index (χ2v) is 15.9. The highest BCUT2D eigenvalue weighted by Gasteiger charge is 2.20. The number of furan rings is 1. The van der Waals surface area contributed by atoms with E-state index in [-0.39, 0.29) is 0 Å². The monoisotopic (exact) mass is 790 g/mol. The molecule has 0 aliphatic rings. The van der Waals surface area contributed by atoms with E-state index >= 15 is 0 Å². The molecule has 62 heavy (non-hydrogen) atoms. The molecular formula is C57H34N4O. The zero-order chi connectivity index (χ0) is 40.7. The van der Waals surface area contributed by atoms with Crippen molar-refractivity contribution in [2.24, 2.45) is 0 Å². The first-order valence-corrected chi connectivity index (χ1v) is 20.9. The van der Waals surface area contributed by atoms with Gasteiger partial charge in [-0.15, -0.1) is 0 Å². The molecule has 0 bridgehead atoms. The Balaban J connectivity index is 1.10. The third-order valence-electron chi connectivity index (χ3n) is 12.4. The van der Waals surface area contributed by atoms with Gasteiger partial charge in [0, 0.05) is 38.4 Å². The minimum Gasteiger partial charge on any atom is -0.455 e. The summed E-state index contributed by atoms with van der Waals surface area (Å²) in [7, 11) is 0. The van der Waals surface area contributed by atoms with Crippen LogP contribution in [0.2, 0.25) is 0 Å². The highest BCUT2D eigenvalue weighted by Crippen LogP contribution is 2.41. The largest absolute Gasteiger partial charge is 0.455 e. The first kappa shape index (κ1) is 34.5. The zero-order valence-corrected chi connectivity index (χ0v) is 33.3. The van der Waals surface area contributed by atoms with Gasteiger partial charge in [0.05, 0.1) is 16.6 Å². The van der Waals surface area contributed by atoms with Gasteiger partial charge < -0.3 is 8.98 Å². The van der Waals surface area contributed by atoms with Crippen molar-refractivity contribution in [1.82, 2.24) is 19.5 Å². The third-order valence-corrected chi connectivity index (χ3v) is 12.4. The first-order chi connectivity index (χ1) is 30.7. The minimum atomic E-state index is 0.548. The zero-order valence-electron chi connectivity index (χ0n) is 33.3. The summed E-state index contributed by atoms with van der Waals surface area (Å²) in [6.45, 7) is 0. The molecule has 13 aromatic rings. The maximum atomic E-state index is 6.54.